The molecular weight excluding hydrogens is 202 g/mol. The average Bonchev–Trinajstić information content (AvgIpc) is 2.33. The SMILES string of the molecule is OCCc1ccc(Nc2ncccn2)cc1. The lowest BCUT2D eigenvalue weighted by Crippen LogP contribution is -1.96. The van der Waals surface area contributed by atoms with Crippen LogP contribution in [0.25, 0.3) is 0 Å². The van der Waals surface area contributed by atoms with E-state index >= 15 is 0 Å². The number of aliphatic hydroxyl groups excluding tert-OH is 1. The van der Waals surface area contributed by atoms with Crippen LogP contribution in [0.15, 0.2) is 42.7 Å². The standard InChI is InChI=1S/C12H13N3O/c16-9-6-10-2-4-11(5-3-10)15-12-13-7-1-8-14-12/h1-5,7-8,16H,6,9H2,(H,13,14,15). The van der Waals surface area contributed by atoms with Crippen molar-refractivity contribution in [1.29, 1.82) is 0 Å². The zero-order valence-electron chi connectivity index (χ0n) is 8.80. The summed E-state index contributed by atoms with van der Waals surface area (Å²) >= 11 is 0. The second-order valence-corrected chi connectivity index (χ2v) is 3.37. The van der Waals surface area contributed by atoms with Crippen molar-refractivity contribution in [3.63, 3.8) is 0 Å². The van der Waals surface area contributed by atoms with Crippen molar-refractivity contribution in [3.05, 3.63) is 48.3 Å². The van der Waals surface area contributed by atoms with E-state index in [1.165, 1.54) is 0 Å². The zero-order chi connectivity index (χ0) is 11.2. The molecule has 0 amide bonds. The Balaban J connectivity index is 2.05. The highest BCUT2D eigenvalue weighted by Gasteiger charge is 1.96. The molecule has 0 saturated carbocycles. The first-order valence-corrected chi connectivity index (χ1v) is 5.12. The van der Waals surface area contributed by atoms with Crippen LogP contribution in [0.5, 0.6) is 0 Å². The van der Waals surface area contributed by atoms with Gasteiger partial charge in [0.25, 0.3) is 0 Å². The predicted molar refractivity (Wildman–Crippen MR) is 62.5 cm³/mol. The molecule has 0 aliphatic heterocycles. The number of nitrogens with one attached hydrogen (secondary N) is 1. The summed E-state index contributed by atoms with van der Waals surface area (Å²) in [5, 5.41) is 11.9. The van der Waals surface area contributed by atoms with Crippen LogP contribution in [-0.4, -0.2) is 21.7 Å². The normalized spacial score (nSPS) is 10.1. The monoisotopic (exact) mass is 215 g/mol. The average molecular weight is 215 g/mol. The van der Waals surface area contributed by atoms with E-state index in [0.717, 1.165) is 11.3 Å². The first-order valence-electron chi connectivity index (χ1n) is 5.12. The molecule has 0 aliphatic carbocycles. The van der Waals surface area contributed by atoms with E-state index in [2.05, 4.69) is 15.3 Å². The maximum Gasteiger partial charge on any atom is 0.227 e. The third-order valence-electron chi connectivity index (χ3n) is 2.18. The number of benzene rings is 1. The van der Waals surface area contributed by atoms with Gasteiger partial charge in [0.15, 0.2) is 0 Å². The van der Waals surface area contributed by atoms with Crippen molar-refractivity contribution in [2.45, 2.75) is 6.42 Å². The van der Waals surface area contributed by atoms with E-state index in [1.54, 1.807) is 18.5 Å². The highest BCUT2D eigenvalue weighted by molar-refractivity contribution is 5.53. The first kappa shape index (κ1) is 10.6. The summed E-state index contributed by atoms with van der Waals surface area (Å²) in [6, 6.07) is 9.61. The topological polar surface area (TPSA) is 58.0 Å². The molecule has 0 atom stereocenters. The van der Waals surface area contributed by atoms with Gasteiger partial charge in [-0.05, 0) is 30.2 Å². The van der Waals surface area contributed by atoms with Crippen LogP contribution in [0.4, 0.5) is 11.6 Å². The second-order valence-electron chi connectivity index (χ2n) is 3.37. The Kier molecular flexibility index (Phi) is 3.46. The molecule has 1 aromatic carbocycles. The summed E-state index contributed by atoms with van der Waals surface area (Å²) in [4.78, 5) is 8.14. The van der Waals surface area contributed by atoms with E-state index in [0.29, 0.717) is 12.4 Å². The van der Waals surface area contributed by atoms with Crippen LogP contribution < -0.4 is 5.32 Å². The Bertz CT molecular complexity index is 428. The Morgan fingerprint density at radius 3 is 2.38 bits per heavy atom. The lowest BCUT2D eigenvalue weighted by Gasteiger charge is -2.04. The van der Waals surface area contributed by atoms with Gasteiger partial charge < -0.3 is 10.4 Å². The summed E-state index contributed by atoms with van der Waals surface area (Å²) in [5.41, 5.74) is 2.05. The molecule has 16 heavy (non-hydrogen) atoms. The summed E-state index contributed by atoms with van der Waals surface area (Å²) in [7, 11) is 0. The van der Waals surface area contributed by atoms with Gasteiger partial charge in [-0.3, -0.25) is 0 Å². The van der Waals surface area contributed by atoms with Crippen LogP contribution in [0.1, 0.15) is 5.56 Å². The van der Waals surface area contributed by atoms with Crippen LogP contribution >= 0.6 is 0 Å². The van der Waals surface area contributed by atoms with Crippen LogP contribution in [0.2, 0.25) is 0 Å². The van der Waals surface area contributed by atoms with Gasteiger partial charge in [0, 0.05) is 24.7 Å². The number of anilines is 2. The number of aliphatic hydroxyl groups is 1. The molecule has 0 radical (unpaired) electrons. The lowest BCUT2D eigenvalue weighted by molar-refractivity contribution is 0.299. The van der Waals surface area contributed by atoms with Crippen LogP contribution in [-0.2, 0) is 6.42 Å². The number of aromatic nitrogens is 2. The summed E-state index contributed by atoms with van der Waals surface area (Å²) in [5.74, 6) is 0.581. The highest BCUT2D eigenvalue weighted by Crippen LogP contribution is 2.13. The lowest BCUT2D eigenvalue weighted by atomic mass is 10.1. The summed E-state index contributed by atoms with van der Waals surface area (Å²) < 4.78 is 0. The molecule has 1 heterocycles. The number of rotatable bonds is 4. The third-order valence-corrected chi connectivity index (χ3v) is 2.18. The summed E-state index contributed by atoms with van der Waals surface area (Å²) in [6.07, 6.45) is 4.06. The van der Waals surface area contributed by atoms with Gasteiger partial charge >= 0.3 is 0 Å². The van der Waals surface area contributed by atoms with E-state index in [9.17, 15) is 0 Å². The molecule has 4 nitrogen and oxygen atoms in total. The van der Waals surface area contributed by atoms with E-state index in [4.69, 9.17) is 5.11 Å². The molecule has 0 unspecified atom stereocenters. The molecule has 0 spiro atoms. The van der Waals surface area contributed by atoms with Crippen LogP contribution in [0.3, 0.4) is 0 Å². The van der Waals surface area contributed by atoms with Gasteiger partial charge in [0.1, 0.15) is 0 Å². The molecule has 82 valence electrons. The van der Waals surface area contributed by atoms with E-state index in [-0.39, 0.29) is 6.61 Å². The fourth-order valence-electron chi connectivity index (χ4n) is 1.38. The Hall–Kier alpha value is -1.94. The molecule has 0 saturated heterocycles. The van der Waals surface area contributed by atoms with Gasteiger partial charge in [0.05, 0.1) is 0 Å². The quantitative estimate of drug-likeness (QED) is 0.815. The number of hydrogen-bond acceptors (Lipinski definition) is 4. The van der Waals surface area contributed by atoms with E-state index < -0.39 is 0 Å². The predicted octanol–water partition coefficient (Wildman–Crippen LogP) is 1.75. The van der Waals surface area contributed by atoms with Gasteiger partial charge in [-0.15, -0.1) is 0 Å². The molecule has 2 N–H and O–H groups in total. The molecule has 0 bridgehead atoms. The van der Waals surface area contributed by atoms with Crippen LogP contribution in [0, 0.1) is 0 Å². The molecule has 1 aromatic heterocycles. The third kappa shape index (κ3) is 2.77. The minimum absolute atomic E-state index is 0.175. The van der Waals surface area contributed by atoms with Crippen molar-refractivity contribution >= 4 is 11.6 Å². The van der Waals surface area contributed by atoms with Gasteiger partial charge in [-0.25, -0.2) is 9.97 Å². The Morgan fingerprint density at radius 2 is 1.75 bits per heavy atom. The fourth-order valence-corrected chi connectivity index (χ4v) is 1.38. The molecule has 4 heteroatoms. The Morgan fingerprint density at radius 1 is 1.06 bits per heavy atom. The van der Waals surface area contributed by atoms with Gasteiger partial charge in [-0.2, -0.15) is 0 Å². The molecule has 0 aliphatic rings. The summed E-state index contributed by atoms with van der Waals surface area (Å²) in [6.45, 7) is 0.175. The molecular formula is C12H13N3O. The smallest absolute Gasteiger partial charge is 0.227 e. The van der Waals surface area contributed by atoms with Crippen molar-refractivity contribution in [2.24, 2.45) is 0 Å². The van der Waals surface area contributed by atoms with Crippen molar-refractivity contribution < 1.29 is 5.11 Å². The van der Waals surface area contributed by atoms with Gasteiger partial charge in [-0.1, -0.05) is 12.1 Å². The zero-order valence-corrected chi connectivity index (χ0v) is 8.80. The number of nitrogens with zero attached hydrogens (tertiary/aromatic N) is 2. The largest absolute Gasteiger partial charge is 0.396 e. The second kappa shape index (κ2) is 5.23. The molecule has 2 rings (SSSR count). The minimum Gasteiger partial charge on any atom is -0.396 e. The van der Waals surface area contributed by atoms with E-state index in [1.807, 2.05) is 24.3 Å². The minimum atomic E-state index is 0.175. The first-order chi connectivity index (χ1) is 7.88. The van der Waals surface area contributed by atoms with Crippen molar-refractivity contribution in [1.82, 2.24) is 9.97 Å². The van der Waals surface area contributed by atoms with Crippen molar-refractivity contribution in [2.75, 3.05) is 11.9 Å². The Labute approximate surface area is 94.0 Å². The van der Waals surface area contributed by atoms with Gasteiger partial charge in [0.2, 0.25) is 5.95 Å². The maximum absolute atomic E-state index is 8.79. The fraction of sp³-hybridized carbons (Fsp3) is 0.167. The molecule has 0 fully saturated rings. The maximum atomic E-state index is 8.79. The number of hydrogen-bond donors (Lipinski definition) is 2. The van der Waals surface area contributed by atoms with Crippen molar-refractivity contribution in [3.8, 4) is 0 Å². The molecule has 2 aromatic rings. The highest BCUT2D eigenvalue weighted by atomic mass is 16.2.